The Morgan fingerprint density at radius 3 is 2.74 bits per heavy atom. The van der Waals surface area contributed by atoms with E-state index < -0.39 is 0 Å². The van der Waals surface area contributed by atoms with E-state index in [0.29, 0.717) is 22.1 Å². The highest BCUT2D eigenvalue weighted by Crippen LogP contribution is 2.20. The van der Waals surface area contributed by atoms with Gasteiger partial charge in [-0.3, -0.25) is 4.79 Å². The van der Waals surface area contributed by atoms with Crippen LogP contribution in [0.3, 0.4) is 0 Å². The minimum atomic E-state index is -0.0679. The lowest BCUT2D eigenvalue weighted by Crippen LogP contribution is -2.19. The average Bonchev–Trinajstić information content (AvgIpc) is 2.78. The minimum Gasteiger partial charge on any atom is -0.382 e. The van der Waals surface area contributed by atoms with Gasteiger partial charge >= 0.3 is 0 Å². The number of aromatic nitrogens is 2. The van der Waals surface area contributed by atoms with Gasteiger partial charge in [-0.15, -0.1) is 0 Å². The molecular weight excluding hydrogens is 282 g/mol. The number of anilines is 1. The lowest BCUT2D eigenvalue weighted by Gasteiger charge is -2.05. The highest BCUT2D eigenvalue weighted by molar-refractivity contribution is 7.13. The SMILES string of the molecule is Nc1nsc2c(=O)n(Cc3ccc(Cl)cc3)ccc12. The predicted molar refractivity (Wildman–Crippen MR) is 78.8 cm³/mol. The van der Waals surface area contributed by atoms with Crippen molar-refractivity contribution in [2.75, 3.05) is 5.73 Å². The van der Waals surface area contributed by atoms with Crippen LogP contribution in [0.25, 0.3) is 10.1 Å². The second-order valence-corrected chi connectivity index (χ2v) is 5.40. The van der Waals surface area contributed by atoms with Crippen LogP contribution in [0.2, 0.25) is 5.02 Å². The maximum Gasteiger partial charge on any atom is 0.270 e. The lowest BCUT2D eigenvalue weighted by atomic mass is 10.2. The van der Waals surface area contributed by atoms with Crippen molar-refractivity contribution in [1.82, 2.24) is 8.94 Å². The van der Waals surface area contributed by atoms with Crippen LogP contribution < -0.4 is 11.3 Å². The molecule has 0 amide bonds. The summed E-state index contributed by atoms with van der Waals surface area (Å²) in [4.78, 5) is 12.3. The van der Waals surface area contributed by atoms with Gasteiger partial charge in [-0.25, -0.2) is 0 Å². The van der Waals surface area contributed by atoms with E-state index in [-0.39, 0.29) is 5.56 Å². The summed E-state index contributed by atoms with van der Waals surface area (Å²) < 4.78 is 6.24. The van der Waals surface area contributed by atoms with E-state index in [1.165, 1.54) is 0 Å². The third-order valence-corrected chi connectivity index (χ3v) is 4.02. The van der Waals surface area contributed by atoms with Crippen molar-refractivity contribution >= 4 is 39.0 Å². The van der Waals surface area contributed by atoms with E-state index in [9.17, 15) is 4.79 Å². The first-order valence-corrected chi connectivity index (χ1v) is 6.79. The Labute approximate surface area is 118 Å². The Balaban J connectivity index is 2.04. The maximum absolute atomic E-state index is 12.3. The largest absolute Gasteiger partial charge is 0.382 e. The molecule has 1 aromatic carbocycles. The zero-order chi connectivity index (χ0) is 13.4. The van der Waals surface area contributed by atoms with Crippen molar-refractivity contribution in [2.45, 2.75) is 6.54 Å². The normalized spacial score (nSPS) is 11.0. The van der Waals surface area contributed by atoms with Crippen molar-refractivity contribution < 1.29 is 0 Å². The molecule has 0 aliphatic carbocycles. The zero-order valence-electron chi connectivity index (χ0n) is 9.84. The summed E-state index contributed by atoms with van der Waals surface area (Å²) in [6, 6.07) is 9.25. The van der Waals surface area contributed by atoms with Crippen LogP contribution in [-0.2, 0) is 6.54 Å². The molecule has 2 heterocycles. The van der Waals surface area contributed by atoms with Gasteiger partial charge in [-0.1, -0.05) is 23.7 Å². The van der Waals surface area contributed by atoms with Gasteiger partial charge in [0.05, 0.1) is 6.54 Å². The topological polar surface area (TPSA) is 60.9 Å². The minimum absolute atomic E-state index is 0.0679. The third-order valence-electron chi connectivity index (χ3n) is 2.90. The zero-order valence-corrected chi connectivity index (χ0v) is 11.4. The average molecular weight is 292 g/mol. The second-order valence-electron chi connectivity index (χ2n) is 4.19. The van der Waals surface area contributed by atoms with Crippen molar-refractivity contribution in [2.24, 2.45) is 0 Å². The van der Waals surface area contributed by atoms with Crippen LogP contribution >= 0.6 is 23.1 Å². The maximum atomic E-state index is 12.3. The first-order chi connectivity index (χ1) is 9.15. The molecule has 0 saturated heterocycles. The van der Waals surface area contributed by atoms with Crippen LogP contribution in [0.1, 0.15) is 5.56 Å². The molecule has 0 aliphatic rings. The Morgan fingerprint density at radius 1 is 1.26 bits per heavy atom. The van der Waals surface area contributed by atoms with Crippen molar-refractivity contribution in [1.29, 1.82) is 0 Å². The van der Waals surface area contributed by atoms with Gasteiger partial charge in [0, 0.05) is 16.6 Å². The van der Waals surface area contributed by atoms with Gasteiger partial charge in [-0.05, 0) is 35.3 Å². The first-order valence-electron chi connectivity index (χ1n) is 5.64. The van der Waals surface area contributed by atoms with Crippen molar-refractivity contribution in [3.63, 3.8) is 0 Å². The molecule has 19 heavy (non-hydrogen) atoms. The molecule has 0 saturated carbocycles. The highest BCUT2D eigenvalue weighted by Gasteiger charge is 2.08. The number of fused-ring (bicyclic) bond motifs is 1. The van der Waals surface area contributed by atoms with Crippen LogP contribution in [0.15, 0.2) is 41.3 Å². The van der Waals surface area contributed by atoms with Crippen LogP contribution in [-0.4, -0.2) is 8.94 Å². The summed E-state index contributed by atoms with van der Waals surface area (Å²) >= 11 is 6.98. The summed E-state index contributed by atoms with van der Waals surface area (Å²) in [7, 11) is 0. The molecule has 2 aromatic heterocycles. The molecule has 6 heteroatoms. The Bertz CT molecular complexity index is 792. The summed E-state index contributed by atoms with van der Waals surface area (Å²) in [6.45, 7) is 0.504. The standard InChI is InChI=1S/C13H10ClN3OS/c14-9-3-1-8(2-4-9)7-17-6-5-10-11(13(17)18)19-16-12(10)15/h1-6H,7H2,(H2,15,16). The quantitative estimate of drug-likeness (QED) is 0.790. The monoisotopic (exact) mass is 291 g/mol. The molecule has 0 bridgehead atoms. The molecule has 0 radical (unpaired) electrons. The van der Waals surface area contributed by atoms with Gasteiger partial charge in [0.1, 0.15) is 10.5 Å². The van der Waals surface area contributed by atoms with E-state index >= 15 is 0 Å². The van der Waals surface area contributed by atoms with Gasteiger partial charge < -0.3 is 10.3 Å². The number of nitrogens with two attached hydrogens (primary N) is 1. The molecule has 0 spiro atoms. The Kier molecular flexibility index (Phi) is 3.00. The first kappa shape index (κ1) is 12.2. The van der Waals surface area contributed by atoms with E-state index in [4.69, 9.17) is 17.3 Å². The smallest absolute Gasteiger partial charge is 0.270 e. The number of halogens is 1. The fourth-order valence-electron chi connectivity index (χ4n) is 1.90. The lowest BCUT2D eigenvalue weighted by molar-refractivity contribution is 0.769. The predicted octanol–water partition coefficient (Wildman–Crippen LogP) is 2.74. The van der Waals surface area contributed by atoms with E-state index in [0.717, 1.165) is 22.5 Å². The fourth-order valence-corrected chi connectivity index (χ4v) is 2.78. The van der Waals surface area contributed by atoms with Gasteiger partial charge in [-0.2, -0.15) is 4.37 Å². The van der Waals surface area contributed by atoms with Crippen LogP contribution in [0, 0.1) is 0 Å². The number of nitrogen functional groups attached to an aromatic ring is 1. The summed E-state index contributed by atoms with van der Waals surface area (Å²) in [6.07, 6.45) is 1.74. The Hall–Kier alpha value is -1.85. The molecule has 0 fully saturated rings. The number of pyridine rings is 1. The molecular formula is C13H10ClN3OS. The summed E-state index contributed by atoms with van der Waals surface area (Å²) in [5, 5.41) is 1.41. The van der Waals surface area contributed by atoms with Gasteiger partial charge in [0.25, 0.3) is 5.56 Å². The molecule has 0 atom stereocenters. The number of benzene rings is 1. The molecule has 3 aromatic rings. The van der Waals surface area contributed by atoms with E-state index in [2.05, 4.69) is 4.37 Å². The number of rotatable bonds is 2. The number of nitrogens with zero attached hydrogens (tertiary/aromatic N) is 2. The van der Waals surface area contributed by atoms with Crippen LogP contribution in [0.5, 0.6) is 0 Å². The summed E-state index contributed by atoms with van der Waals surface area (Å²) in [5.74, 6) is 0.413. The molecule has 0 aliphatic heterocycles. The van der Waals surface area contributed by atoms with Crippen molar-refractivity contribution in [3.05, 3.63) is 57.5 Å². The number of hydrogen-bond donors (Lipinski definition) is 1. The molecule has 96 valence electrons. The molecule has 0 unspecified atom stereocenters. The summed E-state index contributed by atoms with van der Waals surface area (Å²) in [5.41, 5.74) is 6.65. The molecule has 2 N–H and O–H groups in total. The highest BCUT2D eigenvalue weighted by atomic mass is 35.5. The van der Waals surface area contributed by atoms with E-state index in [1.807, 2.05) is 30.3 Å². The van der Waals surface area contributed by atoms with Crippen LogP contribution in [0.4, 0.5) is 5.82 Å². The second kappa shape index (κ2) is 4.68. The van der Waals surface area contributed by atoms with Crippen molar-refractivity contribution in [3.8, 4) is 0 Å². The van der Waals surface area contributed by atoms with Gasteiger partial charge in [0.15, 0.2) is 0 Å². The molecule has 4 nitrogen and oxygen atoms in total. The molecule has 3 rings (SSSR count). The van der Waals surface area contributed by atoms with Gasteiger partial charge in [0.2, 0.25) is 0 Å². The number of hydrogen-bond acceptors (Lipinski definition) is 4. The third kappa shape index (κ3) is 2.22. The Morgan fingerprint density at radius 2 is 2.00 bits per heavy atom. The van der Waals surface area contributed by atoms with E-state index in [1.54, 1.807) is 10.8 Å². The fraction of sp³-hybridized carbons (Fsp3) is 0.0769.